The molecule has 2 aliphatic heterocycles. The number of ether oxygens (including phenoxy) is 4. The normalized spacial score (nSPS) is 22.3. The Kier molecular flexibility index (Phi) is 32.2. The summed E-state index contributed by atoms with van der Waals surface area (Å²) in [6.45, 7) is 2.00. The van der Waals surface area contributed by atoms with E-state index in [0.717, 1.165) is 55.7 Å². The zero-order valence-corrected chi connectivity index (χ0v) is 44.6. The highest BCUT2D eigenvalue weighted by Gasteiger charge is 2.46. The van der Waals surface area contributed by atoms with Crippen LogP contribution in [0, 0.1) is 0 Å². The molecule has 2 aliphatic rings. The summed E-state index contributed by atoms with van der Waals surface area (Å²) in [7, 11) is -10.9. The number of hydrogen-bond donors (Lipinski definition) is 5. The average Bonchev–Trinajstić information content (AvgIpc) is 4.04. The van der Waals surface area contributed by atoms with Crippen molar-refractivity contribution >= 4 is 33.4 Å². The SMILES string of the molecule is CCCCC/C=C\C/C=C\C/C=C\CC1OC1CCCC(=O)O[C@H](COC(=O)CCC/C=C\C/C=C\C/C=C\CCCCCCCC)COP(=O)(O)OP(=O)(O)OC[C@H]1O[C@@H](n2ccc(N)nc2=O)[C@H](O)[C@@H]1O. The van der Waals surface area contributed by atoms with Gasteiger partial charge in [0.1, 0.15) is 30.7 Å². The molecule has 0 aromatic carbocycles. The topological polar surface area (TPSA) is 278 Å². The second-order valence-corrected chi connectivity index (χ2v) is 21.1. The summed E-state index contributed by atoms with van der Waals surface area (Å²) in [6, 6.07) is 1.24. The highest BCUT2D eigenvalue weighted by atomic mass is 31.3. The highest BCUT2D eigenvalue weighted by molar-refractivity contribution is 7.61. The molecule has 0 bridgehead atoms. The molecule has 4 unspecified atom stereocenters. The Morgan fingerprint density at radius 3 is 1.88 bits per heavy atom. The van der Waals surface area contributed by atoms with Crippen LogP contribution >= 0.6 is 15.6 Å². The molecule has 3 heterocycles. The average molecular weight is 1070 g/mol. The van der Waals surface area contributed by atoms with Gasteiger partial charge in [-0.3, -0.25) is 23.2 Å². The first-order chi connectivity index (χ1) is 35.1. The van der Waals surface area contributed by atoms with Crippen molar-refractivity contribution in [2.75, 3.05) is 25.6 Å². The molecular formula is C52H83N3O16P2. The Bertz CT molecular complexity index is 2080. The monoisotopic (exact) mass is 1070 g/mol. The number of hydrogen-bond acceptors (Lipinski definition) is 16. The number of nitrogen functional groups attached to an aromatic ring is 1. The van der Waals surface area contributed by atoms with Gasteiger partial charge in [0.25, 0.3) is 0 Å². The minimum atomic E-state index is -5.46. The second-order valence-electron chi connectivity index (χ2n) is 18.1. The largest absolute Gasteiger partial charge is 0.481 e. The van der Waals surface area contributed by atoms with Gasteiger partial charge in [-0.05, 0) is 89.5 Å². The number of carbonyl (C=O) groups excluding carboxylic acids is 2. The van der Waals surface area contributed by atoms with Crippen LogP contribution in [0.5, 0.6) is 0 Å². The quantitative estimate of drug-likeness (QED) is 0.0134. The number of esters is 2. The van der Waals surface area contributed by atoms with Crippen LogP contribution in [-0.2, 0) is 51.0 Å². The second kappa shape index (κ2) is 37.0. The summed E-state index contributed by atoms with van der Waals surface area (Å²) >= 11 is 0. The molecule has 2 fully saturated rings. The van der Waals surface area contributed by atoms with Gasteiger partial charge in [-0.2, -0.15) is 9.29 Å². The first-order valence-corrected chi connectivity index (χ1v) is 29.1. The molecule has 1 aromatic rings. The molecule has 2 saturated heterocycles. The number of phosphoric acid groups is 2. The van der Waals surface area contributed by atoms with E-state index in [1.54, 1.807) is 0 Å². The third kappa shape index (κ3) is 29.2. The molecule has 1 aromatic heterocycles. The van der Waals surface area contributed by atoms with Gasteiger partial charge < -0.3 is 44.7 Å². The van der Waals surface area contributed by atoms with E-state index in [4.69, 9.17) is 33.7 Å². The van der Waals surface area contributed by atoms with Gasteiger partial charge in [-0.1, -0.05) is 132 Å². The molecule has 21 heteroatoms. The summed E-state index contributed by atoms with van der Waals surface area (Å²) in [5.41, 5.74) is 4.58. The van der Waals surface area contributed by atoms with E-state index in [0.29, 0.717) is 25.7 Å². The van der Waals surface area contributed by atoms with Crippen molar-refractivity contribution in [3.63, 3.8) is 0 Å². The lowest BCUT2D eigenvalue weighted by atomic mass is 10.1. The Morgan fingerprint density at radius 2 is 1.23 bits per heavy atom. The van der Waals surface area contributed by atoms with Crippen LogP contribution in [0.25, 0.3) is 0 Å². The van der Waals surface area contributed by atoms with Crippen LogP contribution in [0.4, 0.5) is 5.82 Å². The predicted octanol–water partition coefficient (Wildman–Crippen LogP) is 9.88. The van der Waals surface area contributed by atoms with Crippen LogP contribution in [0.1, 0.15) is 161 Å². The molecular weight excluding hydrogens is 985 g/mol. The van der Waals surface area contributed by atoms with Gasteiger partial charge >= 0.3 is 33.3 Å². The van der Waals surface area contributed by atoms with E-state index in [2.05, 4.69) is 83.9 Å². The lowest BCUT2D eigenvalue weighted by molar-refractivity contribution is -0.161. The van der Waals surface area contributed by atoms with E-state index < -0.39 is 83.7 Å². The number of carbonyl (C=O) groups is 2. The molecule has 0 aliphatic carbocycles. The first-order valence-electron chi connectivity index (χ1n) is 26.1. The highest BCUT2D eigenvalue weighted by Crippen LogP contribution is 2.60. The van der Waals surface area contributed by atoms with E-state index in [9.17, 15) is 43.5 Å². The minimum absolute atomic E-state index is 0.0153. The number of nitrogens with two attached hydrogens (primary N) is 1. The number of aliphatic hydroxyl groups is 2. The number of rotatable bonds is 41. The fraction of sp³-hybridized carbons (Fsp3) is 0.654. The zero-order chi connectivity index (χ0) is 53.2. The molecule has 0 radical (unpaired) electrons. The number of epoxide rings is 1. The maximum atomic E-state index is 12.9. The minimum Gasteiger partial charge on any atom is -0.462 e. The van der Waals surface area contributed by atoms with Crippen LogP contribution in [0.2, 0.25) is 0 Å². The third-order valence-corrected chi connectivity index (χ3v) is 14.3. The molecule has 9 atom stereocenters. The van der Waals surface area contributed by atoms with E-state index >= 15 is 0 Å². The van der Waals surface area contributed by atoms with Crippen molar-refractivity contribution in [1.82, 2.24) is 9.55 Å². The molecule has 19 nitrogen and oxygen atoms in total. The van der Waals surface area contributed by atoms with Crippen LogP contribution in [0.3, 0.4) is 0 Å². The molecule has 0 spiro atoms. The number of allylic oxidation sites excluding steroid dienone is 11. The first kappa shape index (κ1) is 63.5. The van der Waals surface area contributed by atoms with Crippen molar-refractivity contribution < 1.29 is 71.0 Å². The Labute approximate surface area is 431 Å². The molecule has 0 saturated carbocycles. The maximum absolute atomic E-state index is 12.9. The van der Waals surface area contributed by atoms with Crippen molar-refractivity contribution in [2.45, 2.75) is 198 Å². The van der Waals surface area contributed by atoms with Crippen LogP contribution in [-0.4, -0.2) is 97.9 Å². The Morgan fingerprint density at radius 1 is 0.685 bits per heavy atom. The van der Waals surface area contributed by atoms with E-state index in [1.807, 2.05) is 12.2 Å². The maximum Gasteiger partial charge on any atom is 0.481 e. The number of aromatic nitrogens is 2. The number of nitrogens with zero attached hydrogens (tertiary/aromatic N) is 2. The van der Waals surface area contributed by atoms with Crippen molar-refractivity contribution in [3.8, 4) is 0 Å². The summed E-state index contributed by atoms with van der Waals surface area (Å²) in [6.07, 6.45) is 38.6. The Hall–Kier alpha value is -3.84. The fourth-order valence-electron chi connectivity index (χ4n) is 7.53. The smallest absolute Gasteiger partial charge is 0.462 e. The van der Waals surface area contributed by atoms with Gasteiger partial charge in [-0.15, -0.1) is 0 Å². The third-order valence-electron chi connectivity index (χ3n) is 11.7. The zero-order valence-electron chi connectivity index (χ0n) is 42.9. The lowest BCUT2D eigenvalue weighted by Gasteiger charge is -2.21. The summed E-state index contributed by atoms with van der Waals surface area (Å²) < 4.78 is 62.5. The lowest BCUT2D eigenvalue weighted by Crippen LogP contribution is -2.36. The van der Waals surface area contributed by atoms with Crippen LogP contribution < -0.4 is 11.4 Å². The van der Waals surface area contributed by atoms with Crippen LogP contribution in [0.15, 0.2) is 90.0 Å². The van der Waals surface area contributed by atoms with Crippen molar-refractivity contribution in [2.24, 2.45) is 0 Å². The number of anilines is 1. The molecule has 73 heavy (non-hydrogen) atoms. The predicted molar refractivity (Wildman–Crippen MR) is 279 cm³/mol. The van der Waals surface area contributed by atoms with E-state index in [-0.39, 0.29) is 30.9 Å². The van der Waals surface area contributed by atoms with Gasteiger partial charge in [0.05, 0.1) is 25.4 Å². The molecule has 0 amide bonds. The van der Waals surface area contributed by atoms with E-state index in [1.165, 1.54) is 63.9 Å². The van der Waals surface area contributed by atoms with Crippen molar-refractivity contribution in [1.29, 1.82) is 0 Å². The van der Waals surface area contributed by atoms with Gasteiger partial charge in [0.15, 0.2) is 12.3 Å². The summed E-state index contributed by atoms with van der Waals surface area (Å²) in [4.78, 5) is 62.1. The molecule has 412 valence electrons. The van der Waals surface area contributed by atoms with Gasteiger partial charge in [-0.25, -0.2) is 13.9 Å². The van der Waals surface area contributed by atoms with Gasteiger partial charge in [0.2, 0.25) is 0 Å². The Balaban J connectivity index is 1.44. The number of unbranched alkanes of at least 4 members (excludes halogenated alkanes) is 10. The summed E-state index contributed by atoms with van der Waals surface area (Å²) in [5.74, 6) is -1.44. The molecule has 3 rings (SSSR count). The molecule has 6 N–H and O–H groups in total. The van der Waals surface area contributed by atoms with Gasteiger partial charge in [0, 0.05) is 19.0 Å². The number of phosphoric ester groups is 2. The summed E-state index contributed by atoms with van der Waals surface area (Å²) in [5, 5.41) is 20.9. The fourth-order valence-corrected chi connectivity index (χ4v) is 9.64. The number of aliphatic hydroxyl groups excluding tert-OH is 2. The standard InChI is InChI=1S/C52H83N3O16P2/c1-3-5-7-9-11-13-15-17-18-19-20-21-23-25-27-29-31-35-47(56)65-39-42(68-48(57)36-32-34-44-43(69-44)33-30-28-26-24-22-16-14-12-10-8-6-4-2)40-66-72(61,62)71-73(63,64)67-41-45-49(58)50(59)51(70-45)55-38-37-46(53)54-52(55)60/h12,14,17-18,20-22,24-25,27-28,30,37-38,42-45,49-51,58-59H,3-11,13,15-16,19,23,26,29,31-36,39-41H2,1-2H3,(H,61,62)(H,63,64)(H2,53,54,60)/b14-12-,18-17-,21-20-,24-22-,27-25-,30-28-/t42-,43?,44?,45-,49-,50-,51-/m1/s1. The van der Waals surface area contributed by atoms with Crippen molar-refractivity contribution in [3.05, 3.63) is 95.7 Å².